The molecule has 0 fully saturated rings. The number of unbranched alkanes of at least 4 members (excludes halogenated alkanes) is 1. The molecule has 0 N–H and O–H groups in total. The molecule has 31 heavy (non-hydrogen) atoms. The predicted octanol–water partition coefficient (Wildman–Crippen LogP) is 5.60. The van der Waals surface area contributed by atoms with E-state index in [4.69, 9.17) is 21.1 Å². The number of rotatable bonds is 10. The largest absolute Gasteiger partial charge is 0.486 e. The molecule has 0 aliphatic heterocycles. The van der Waals surface area contributed by atoms with E-state index >= 15 is 0 Å². The summed E-state index contributed by atoms with van der Waals surface area (Å²) >= 11 is 6.27. The maximum atomic E-state index is 12.1. The van der Waals surface area contributed by atoms with Crippen molar-refractivity contribution in [2.45, 2.75) is 58.6 Å². The van der Waals surface area contributed by atoms with E-state index in [-0.39, 0.29) is 11.8 Å². The number of carbonyl (C=O) groups is 1. The van der Waals surface area contributed by atoms with Crippen molar-refractivity contribution in [1.82, 2.24) is 10.2 Å². The van der Waals surface area contributed by atoms with Gasteiger partial charge >= 0.3 is 5.97 Å². The van der Waals surface area contributed by atoms with Crippen molar-refractivity contribution in [3.63, 3.8) is 0 Å². The molecule has 1 aliphatic carbocycles. The molecule has 0 amide bonds. The average molecular weight is 444 g/mol. The van der Waals surface area contributed by atoms with Gasteiger partial charge in [0.1, 0.15) is 11.9 Å². The first-order valence-electron chi connectivity index (χ1n) is 11.0. The van der Waals surface area contributed by atoms with Crippen LogP contribution in [0.2, 0.25) is 5.02 Å². The molecule has 0 bridgehead atoms. The first kappa shape index (κ1) is 23.1. The average Bonchev–Trinajstić information content (AvgIpc) is 2.80. The second-order valence-corrected chi connectivity index (χ2v) is 7.98. The molecule has 0 spiro atoms. The summed E-state index contributed by atoms with van der Waals surface area (Å²) in [6.07, 6.45) is 9.44. The molecule has 1 aromatic heterocycles. The number of ether oxygens (including phenoxy) is 2. The predicted molar refractivity (Wildman–Crippen MR) is 123 cm³/mol. The quantitative estimate of drug-likeness (QED) is 0.270. The maximum absolute atomic E-state index is 12.1. The van der Waals surface area contributed by atoms with Gasteiger partial charge in [-0.3, -0.25) is 0 Å². The fourth-order valence-corrected chi connectivity index (χ4v) is 3.57. The van der Waals surface area contributed by atoms with Crippen molar-refractivity contribution >= 4 is 23.4 Å². The monoisotopic (exact) mass is 443 g/mol. The number of hydrogen-bond acceptors (Lipinski definition) is 6. The van der Waals surface area contributed by atoms with E-state index in [2.05, 4.69) is 27.2 Å². The highest BCUT2D eigenvalue weighted by atomic mass is 35.5. The van der Waals surface area contributed by atoms with Gasteiger partial charge in [-0.05, 0) is 69.0 Å². The number of aromatic nitrogens is 2. The first-order valence-corrected chi connectivity index (χ1v) is 11.4. The van der Waals surface area contributed by atoms with Crippen LogP contribution in [0.3, 0.4) is 0 Å². The fraction of sp³-hybridized carbons (Fsp3) is 0.458. The zero-order valence-corrected chi connectivity index (χ0v) is 19.0. The van der Waals surface area contributed by atoms with Crippen molar-refractivity contribution in [2.24, 2.45) is 0 Å². The van der Waals surface area contributed by atoms with Crippen molar-refractivity contribution in [2.75, 3.05) is 18.1 Å². The summed E-state index contributed by atoms with van der Waals surface area (Å²) in [4.78, 5) is 14.1. The summed E-state index contributed by atoms with van der Waals surface area (Å²) in [7, 11) is 0. The van der Waals surface area contributed by atoms with Gasteiger partial charge in [-0.25, -0.2) is 4.79 Å². The molecular formula is C24H30ClN3O3. The summed E-state index contributed by atoms with van der Waals surface area (Å²) in [6, 6.07) is 9.15. The highest BCUT2D eigenvalue weighted by molar-refractivity contribution is 6.30. The zero-order valence-electron chi connectivity index (χ0n) is 18.2. The van der Waals surface area contributed by atoms with Crippen molar-refractivity contribution in [1.29, 1.82) is 0 Å². The Morgan fingerprint density at radius 1 is 1.23 bits per heavy atom. The van der Waals surface area contributed by atoms with Crippen LogP contribution in [0.25, 0.3) is 0 Å². The maximum Gasteiger partial charge on any atom is 0.358 e. The highest BCUT2D eigenvalue weighted by Crippen LogP contribution is 2.28. The second-order valence-electron chi connectivity index (χ2n) is 7.55. The van der Waals surface area contributed by atoms with Gasteiger partial charge in [-0.15, -0.1) is 10.2 Å². The van der Waals surface area contributed by atoms with Gasteiger partial charge in [0.25, 0.3) is 0 Å². The number of carbonyl (C=O) groups excluding carboxylic acids is 1. The van der Waals surface area contributed by atoms with Crippen LogP contribution >= 0.6 is 11.6 Å². The molecular weight excluding hydrogens is 414 g/mol. The minimum atomic E-state index is -0.443. The number of anilines is 1. The van der Waals surface area contributed by atoms with Gasteiger partial charge in [-0.2, -0.15) is 0 Å². The summed E-state index contributed by atoms with van der Waals surface area (Å²) in [6.45, 7) is 5.77. The molecule has 0 radical (unpaired) electrons. The van der Waals surface area contributed by atoms with E-state index in [1.54, 1.807) is 12.1 Å². The minimum absolute atomic E-state index is 0.0848. The Bertz CT molecular complexity index is 886. The molecule has 166 valence electrons. The van der Waals surface area contributed by atoms with Crippen molar-refractivity contribution < 1.29 is 14.3 Å². The van der Waals surface area contributed by atoms with Crippen LogP contribution in [-0.2, 0) is 11.3 Å². The van der Waals surface area contributed by atoms with E-state index in [0.29, 0.717) is 30.5 Å². The van der Waals surface area contributed by atoms with Crippen LogP contribution in [0, 0.1) is 0 Å². The van der Waals surface area contributed by atoms with Gasteiger partial charge in [0.15, 0.2) is 11.5 Å². The third-order valence-corrected chi connectivity index (χ3v) is 5.40. The van der Waals surface area contributed by atoms with Crippen LogP contribution in [0.15, 0.2) is 42.5 Å². The van der Waals surface area contributed by atoms with Crippen LogP contribution in [0.1, 0.15) is 62.0 Å². The van der Waals surface area contributed by atoms with E-state index in [1.807, 2.05) is 32.0 Å². The third-order valence-electron chi connectivity index (χ3n) is 5.17. The van der Waals surface area contributed by atoms with Crippen LogP contribution in [-0.4, -0.2) is 35.4 Å². The third kappa shape index (κ3) is 6.69. The standard InChI is InChI=1S/C24H30ClN3O3/c1-3-5-15-30-24(29)21-12-14-23(27-26-21)28(4-2)17-18-16-19(25)11-13-22(18)31-20-9-7-6-8-10-20/h7,9,11-14,16,20H,3-6,8,10,15,17H2,1-2H3. The number of halogens is 1. The summed E-state index contributed by atoms with van der Waals surface area (Å²) < 4.78 is 11.5. The number of esters is 1. The van der Waals surface area contributed by atoms with E-state index < -0.39 is 5.97 Å². The summed E-state index contributed by atoms with van der Waals surface area (Å²) in [5.74, 6) is 1.06. The highest BCUT2D eigenvalue weighted by Gasteiger charge is 2.17. The van der Waals surface area contributed by atoms with Crippen LogP contribution in [0.4, 0.5) is 5.82 Å². The summed E-state index contributed by atoms with van der Waals surface area (Å²) in [5, 5.41) is 8.98. The fourth-order valence-electron chi connectivity index (χ4n) is 3.38. The molecule has 0 saturated heterocycles. The number of benzene rings is 1. The topological polar surface area (TPSA) is 64.5 Å². The molecule has 1 aromatic carbocycles. The van der Waals surface area contributed by atoms with Gasteiger partial charge < -0.3 is 14.4 Å². The van der Waals surface area contributed by atoms with Gasteiger partial charge in [-0.1, -0.05) is 31.0 Å². The lowest BCUT2D eigenvalue weighted by Gasteiger charge is -2.25. The lowest BCUT2D eigenvalue weighted by atomic mass is 10.1. The Balaban J connectivity index is 1.71. The molecule has 2 aromatic rings. The Kier molecular flexibility index (Phi) is 8.71. The van der Waals surface area contributed by atoms with Crippen LogP contribution in [0.5, 0.6) is 5.75 Å². The Morgan fingerprint density at radius 3 is 2.77 bits per heavy atom. The molecule has 7 heteroatoms. The zero-order chi connectivity index (χ0) is 22.1. The normalized spacial score (nSPS) is 15.5. The van der Waals surface area contributed by atoms with Gasteiger partial charge in [0.05, 0.1) is 6.61 Å². The Labute approximate surface area is 189 Å². The Hall–Kier alpha value is -2.60. The molecule has 1 heterocycles. The summed E-state index contributed by atoms with van der Waals surface area (Å²) in [5.41, 5.74) is 1.20. The molecule has 6 nitrogen and oxygen atoms in total. The molecule has 1 atom stereocenters. The van der Waals surface area contributed by atoms with Crippen molar-refractivity contribution in [3.05, 3.63) is 58.8 Å². The lowest BCUT2D eigenvalue weighted by Crippen LogP contribution is -2.25. The van der Waals surface area contributed by atoms with E-state index in [1.165, 1.54) is 0 Å². The number of nitrogens with zero attached hydrogens (tertiary/aromatic N) is 3. The Morgan fingerprint density at radius 2 is 2.10 bits per heavy atom. The molecule has 0 saturated carbocycles. The second kappa shape index (κ2) is 11.7. The molecule has 1 aliphatic rings. The molecule has 1 unspecified atom stereocenters. The van der Waals surface area contributed by atoms with E-state index in [9.17, 15) is 4.79 Å². The first-order chi connectivity index (χ1) is 15.1. The SMILES string of the molecule is CCCCOC(=O)c1ccc(N(CC)Cc2cc(Cl)ccc2OC2C=CCCC2)nn1. The number of allylic oxidation sites excluding steroid dienone is 1. The van der Waals surface area contributed by atoms with Gasteiger partial charge in [0.2, 0.25) is 0 Å². The van der Waals surface area contributed by atoms with Crippen molar-refractivity contribution in [3.8, 4) is 5.75 Å². The van der Waals surface area contributed by atoms with E-state index in [0.717, 1.165) is 43.4 Å². The number of hydrogen-bond donors (Lipinski definition) is 0. The minimum Gasteiger partial charge on any atom is -0.486 e. The smallest absolute Gasteiger partial charge is 0.358 e. The lowest BCUT2D eigenvalue weighted by molar-refractivity contribution is 0.0491. The van der Waals surface area contributed by atoms with Crippen LogP contribution < -0.4 is 9.64 Å². The molecule has 3 rings (SSSR count). The van der Waals surface area contributed by atoms with Gasteiger partial charge in [0, 0.05) is 23.7 Å².